The fraction of sp³-hybridized carbons (Fsp3) is 0.278. The van der Waals surface area contributed by atoms with Crippen molar-refractivity contribution in [2.24, 2.45) is 4.99 Å². The van der Waals surface area contributed by atoms with E-state index in [1.807, 2.05) is 30.3 Å². The summed E-state index contributed by atoms with van der Waals surface area (Å²) in [4.78, 5) is 4.58. The normalized spacial score (nSPS) is 11.2. The number of hydrogen-bond acceptors (Lipinski definition) is 2. The highest BCUT2D eigenvalue weighted by Gasteiger charge is 1.99. The van der Waals surface area contributed by atoms with E-state index < -0.39 is 0 Å². The third kappa shape index (κ3) is 5.48. The Hall–Kier alpha value is -2.49. The molecule has 3 N–H and O–H groups in total. The Morgan fingerprint density at radius 2 is 1.77 bits per heavy atom. The lowest BCUT2D eigenvalue weighted by Crippen LogP contribution is -2.38. The molecule has 0 heterocycles. The van der Waals surface area contributed by atoms with Crippen LogP contribution in [-0.4, -0.2) is 24.2 Å². The molecule has 0 aromatic heterocycles. The SMILES string of the molecule is CCNC(=NCc1ccccc1)NCCc1cccc(O)c1. The zero-order valence-electron chi connectivity index (χ0n) is 12.9. The third-order valence-electron chi connectivity index (χ3n) is 3.22. The van der Waals surface area contributed by atoms with Gasteiger partial charge in [-0.05, 0) is 36.6 Å². The molecular weight excluding hydrogens is 274 g/mol. The quantitative estimate of drug-likeness (QED) is 0.567. The minimum Gasteiger partial charge on any atom is -0.508 e. The monoisotopic (exact) mass is 297 g/mol. The average molecular weight is 297 g/mol. The summed E-state index contributed by atoms with van der Waals surface area (Å²) < 4.78 is 0. The van der Waals surface area contributed by atoms with E-state index >= 15 is 0 Å². The van der Waals surface area contributed by atoms with Gasteiger partial charge < -0.3 is 15.7 Å². The molecule has 2 aromatic carbocycles. The number of aromatic hydroxyl groups is 1. The van der Waals surface area contributed by atoms with Crippen molar-refractivity contribution in [2.45, 2.75) is 19.9 Å². The number of hydrogen-bond donors (Lipinski definition) is 3. The standard InChI is InChI=1S/C18H23N3O/c1-2-19-18(21-14-16-7-4-3-5-8-16)20-12-11-15-9-6-10-17(22)13-15/h3-10,13,22H,2,11-12,14H2,1H3,(H2,19,20,21). The number of phenolic OH excluding ortho intramolecular Hbond substituents is 1. The molecule has 0 aliphatic heterocycles. The van der Waals surface area contributed by atoms with Crippen molar-refractivity contribution in [3.05, 3.63) is 65.7 Å². The van der Waals surface area contributed by atoms with Crippen molar-refractivity contribution in [3.63, 3.8) is 0 Å². The van der Waals surface area contributed by atoms with Crippen LogP contribution < -0.4 is 10.6 Å². The van der Waals surface area contributed by atoms with Crippen LogP contribution in [0.25, 0.3) is 0 Å². The van der Waals surface area contributed by atoms with Gasteiger partial charge in [-0.3, -0.25) is 0 Å². The van der Waals surface area contributed by atoms with Gasteiger partial charge in [0.15, 0.2) is 5.96 Å². The van der Waals surface area contributed by atoms with Gasteiger partial charge in [0.05, 0.1) is 6.54 Å². The predicted molar refractivity (Wildman–Crippen MR) is 91.1 cm³/mol. The summed E-state index contributed by atoms with van der Waals surface area (Å²) in [6.45, 7) is 4.30. The molecule has 22 heavy (non-hydrogen) atoms. The molecule has 0 saturated carbocycles. The molecule has 0 unspecified atom stereocenters. The highest BCUT2D eigenvalue weighted by Crippen LogP contribution is 2.10. The second-order valence-corrected chi connectivity index (χ2v) is 5.03. The molecular formula is C18H23N3O. The smallest absolute Gasteiger partial charge is 0.191 e. The summed E-state index contributed by atoms with van der Waals surface area (Å²) >= 11 is 0. The molecule has 0 aliphatic carbocycles. The second kappa shape index (κ2) is 8.72. The minimum atomic E-state index is 0.308. The Kier molecular flexibility index (Phi) is 6.30. The van der Waals surface area contributed by atoms with Gasteiger partial charge in [-0.1, -0.05) is 42.5 Å². The lowest BCUT2D eigenvalue weighted by Gasteiger charge is -2.11. The Morgan fingerprint density at radius 3 is 2.50 bits per heavy atom. The van der Waals surface area contributed by atoms with Gasteiger partial charge in [-0.15, -0.1) is 0 Å². The van der Waals surface area contributed by atoms with Crippen LogP contribution >= 0.6 is 0 Å². The number of guanidine groups is 1. The van der Waals surface area contributed by atoms with Crippen LogP contribution in [0.1, 0.15) is 18.1 Å². The van der Waals surface area contributed by atoms with Crippen LogP contribution in [0.15, 0.2) is 59.6 Å². The molecule has 0 spiro atoms. The predicted octanol–water partition coefficient (Wildman–Crippen LogP) is 2.69. The Bertz CT molecular complexity index is 596. The maximum Gasteiger partial charge on any atom is 0.191 e. The van der Waals surface area contributed by atoms with E-state index in [-0.39, 0.29) is 0 Å². The van der Waals surface area contributed by atoms with Crippen LogP contribution in [-0.2, 0) is 13.0 Å². The van der Waals surface area contributed by atoms with Crippen LogP contribution in [0.3, 0.4) is 0 Å². The molecule has 0 amide bonds. The van der Waals surface area contributed by atoms with Crippen molar-refractivity contribution >= 4 is 5.96 Å². The molecule has 0 saturated heterocycles. The van der Waals surface area contributed by atoms with Gasteiger partial charge in [-0.25, -0.2) is 4.99 Å². The first-order valence-electron chi connectivity index (χ1n) is 7.62. The lowest BCUT2D eigenvalue weighted by molar-refractivity contribution is 0.474. The maximum atomic E-state index is 9.46. The van der Waals surface area contributed by atoms with Crippen LogP contribution in [0.4, 0.5) is 0 Å². The summed E-state index contributed by atoms with van der Waals surface area (Å²) in [5.41, 5.74) is 2.29. The molecule has 116 valence electrons. The van der Waals surface area contributed by atoms with Gasteiger partial charge >= 0.3 is 0 Å². The van der Waals surface area contributed by atoms with Crippen molar-refractivity contribution in [2.75, 3.05) is 13.1 Å². The second-order valence-electron chi connectivity index (χ2n) is 5.03. The number of nitrogens with zero attached hydrogens (tertiary/aromatic N) is 1. The molecule has 4 nitrogen and oxygen atoms in total. The summed E-state index contributed by atoms with van der Waals surface area (Å²) in [5.74, 6) is 1.12. The average Bonchev–Trinajstić information content (AvgIpc) is 2.54. The number of rotatable bonds is 6. The van der Waals surface area contributed by atoms with Crippen molar-refractivity contribution in [1.29, 1.82) is 0 Å². The fourth-order valence-corrected chi connectivity index (χ4v) is 2.13. The summed E-state index contributed by atoms with van der Waals surface area (Å²) in [5, 5.41) is 16.0. The van der Waals surface area contributed by atoms with Crippen LogP contribution in [0.2, 0.25) is 0 Å². The first-order chi connectivity index (χ1) is 10.8. The highest BCUT2D eigenvalue weighted by atomic mass is 16.3. The van der Waals surface area contributed by atoms with Crippen molar-refractivity contribution in [1.82, 2.24) is 10.6 Å². The van der Waals surface area contributed by atoms with Gasteiger partial charge in [0, 0.05) is 13.1 Å². The van der Waals surface area contributed by atoms with E-state index in [2.05, 4.69) is 34.7 Å². The first-order valence-corrected chi connectivity index (χ1v) is 7.62. The Balaban J connectivity index is 1.86. The van der Waals surface area contributed by atoms with Crippen molar-refractivity contribution in [3.8, 4) is 5.75 Å². The number of aliphatic imine (C=N–C) groups is 1. The molecule has 2 aromatic rings. The molecule has 0 atom stereocenters. The zero-order valence-corrected chi connectivity index (χ0v) is 12.9. The van der Waals surface area contributed by atoms with Gasteiger partial charge in [0.25, 0.3) is 0 Å². The molecule has 0 bridgehead atoms. The molecule has 4 heteroatoms. The van der Waals surface area contributed by atoms with E-state index in [1.165, 1.54) is 5.56 Å². The highest BCUT2D eigenvalue weighted by molar-refractivity contribution is 5.79. The van der Waals surface area contributed by atoms with E-state index in [9.17, 15) is 5.11 Å². The van der Waals surface area contributed by atoms with Gasteiger partial charge in [-0.2, -0.15) is 0 Å². The molecule has 0 fully saturated rings. The fourth-order valence-electron chi connectivity index (χ4n) is 2.13. The summed E-state index contributed by atoms with van der Waals surface area (Å²) in [7, 11) is 0. The Labute approximate surface area is 131 Å². The van der Waals surface area contributed by atoms with Crippen LogP contribution in [0.5, 0.6) is 5.75 Å². The third-order valence-corrected chi connectivity index (χ3v) is 3.22. The van der Waals surface area contributed by atoms with Crippen LogP contribution in [0, 0.1) is 0 Å². The molecule has 0 aliphatic rings. The van der Waals surface area contributed by atoms with Crippen molar-refractivity contribution < 1.29 is 5.11 Å². The van der Waals surface area contributed by atoms with E-state index in [1.54, 1.807) is 12.1 Å². The summed E-state index contributed by atoms with van der Waals surface area (Å²) in [6.07, 6.45) is 0.837. The topological polar surface area (TPSA) is 56.7 Å². The lowest BCUT2D eigenvalue weighted by atomic mass is 10.1. The Morgan fingerprint density at radius 1 is 1.00 bits per heavy atom. The van der Waals surface area contributed by atoms with Gasteiger partial charge in [0.2, 0.25) is 0 Å². The maximum absolute atomic E-state index is 9.46. The number of benzene rings is 2. The van der Waals surface area contributed by atoms with E-state index in [0.29, 0.717) is 12.3 Å². The molecule has 0 radical (unpaired) electrons. The first kappa shape index (κ1) is 15.9. The number of nitrogens with one attached hydrogen (secondary N) is 2. The summed E-state index contributed by atoms with van der Waals surface area (Å²) in [6, 6.07) is 17.5. The largest absolute Gasteiger partial charge is 0.508 e. The van der Waals surface area contributed by atoms with E-state index in [4.69, 9.17) is 0 Å². The molecule has 2 rings (SSSR count). The zero-order chi connectivity index (χ0) is 15.6. The van der Waals surface area contributed by atoms with E-state index in [0.717, 1.165) is 31.0 Å². The number of phenols is 1. The minimum absolute atomic E-state index is 0.308. The van der Waals surface area contributed by atoms with Gasteiger partial charge in [0.1, 0.15) is 5.75 Å².